The molecule has 106 valence electrons. The van der Waals surface area contributed by atoms with Crippen molar-refractivity contribution in [2.45, 2.75) is 26.3 Å². The van der Waals surface area contributed by atoms with Crippen molar-refractivity contribution in [3.8, 4) is 0 Å². The van der Waals surface area contributed by atoms with Crippen LogP contribution in [0, 0.1) is 6.92 Å². The van der Waals surface area contributed by atoms with Crippen molar-refractivity contribution in [1.82, 2.24) is 10.2 Å². The van der Waals surface area contributed by atoms with Crippen LogP contribution in [0.5, 0.6) is 0 Å². The molecule has 2 heterocycles. The summed E-state index contributed by atoms with van der Waals surface area (Å²) in [5.74, 6) is 0.0245. The molecule has 1 unspecified atom stereocenters. The van der Waals surface area contributed by atoms with Crippen LogP contribution in [-0.4, -0.2) is 35.2 Å². The zero-order chi connectivity index (χ0) is 14.7. The molecule has 1 fully saturated rings. The highest BCUT2D eigenvalue weighted by Crippen LogP contribution is 2.12. The van der Waals surface area contributed by atoms with Gasteiger partial charge in [-0.1, -0.05) is 6.92 Å². The molecule has 3 amide bonds. The molecular formula is C14H16N2O4. The van der Waals surface area contributed by atoms with Gasteiger partial charge in [-0.15, -0.1) is 0 Å². The fourth-order valence-electron chi connectivity index (χ4n) is 2.10. The smallest absolute Gasteiger partial charge is 0.249 e. The standard InChI is InChI=1S/C14H16N2O4/c1-3-11-14(19)15-12(17)8-16(11)13(18)7-6-10-5-4-9(2)20-10/h4-7,11H,3,8H2,1-2H3,(H,15,17,19). The number of piperazine rings is 1. The highest BCUT2D eigenvalue weighted by atomic mass is 16.3. The molecule has 1 aliphatic heterocycles. The summed E-state index contributed by atoms with van der Waals surface area (Å²) < 4.78 is 5.31. The lowest BCUT2D eigenvalue weighted by molar-refractivity contribution is -0.147. The van der Waals surface area contributed by atoms with Crippen molar-refractivity contribution in [3.05, 3.63) is 29.7 Å². The first kappa shape index (κ1) is 14.0. The van der Waals surface area contributed by atoms with Crippen LogP contribution in [0.3, 0.4) is 0 Å². The van der Waals surface area contributed by atoms with E-state index in [1.807, 2.05) is 0 Å². The van der Waals surface area contributed by atoms with Gasteiger partial charge in [0.1, 0.15) is 24.1 Å². The van der Waals surface area contributed by atoms with E-state index in [0.717, 1.165) is 5.76 Å². The summed E-state index contributed by atoms with van der Waals surface area (Å²) >= 11 is 0. The van der Waals surface area contributed by atoms with Crippen LogP contribution in [0.15, 0.2) is 22.6 Å². The normalized spacial score (nSPS) is 19.5. The molecule has 2 rings (SSSR count). The van der Waals surface area contributed by atoms with Crippen molar-refractivity contribution in [2.24, 2.45) is 0 Å². The highest BCUT2D eigenvalue weighted by molar-refractivity contribution is 6.06. The van der Waals surface area contributed by atoms with Crippen molar-refractivity contribution < 1.29 is 18.8 Å². The number of hydrogen-bond donors (Lipinski definition) is 1. The Hall–Kier alpha value is -2.37. The van der Waals surface area contributed by atoms with E-state index >= 15 is 0 Å². The van der Waals surface area contributed by atoms with Gasteiger partial charge >= 0.3 is 0 Å². The Balaban J connectivity index is 2.12. The van der Waals surface area contributed by atoms with Crippen LogP contribution in [0.2, 0.25) is 0 Å². The third-order valence-corrected chi connectivity index (χ3v) is 3.08. The third-order valence-electron chi connectivity index (χ3n) is 3.08. The molecule has 1 N–H and O–H groups in total. The number of imide groups is 1. The van der Waals surface area contributed by atoms with Crippen molar-refractivity contribution >= 4 is 23.8 Å². The van der Waals surface area contributed by atoms with Gasteiger partial charge in [-0.3, -0.25) is 19.7 Å². The number of nitrogens with one attached hydrogen (secondary N) is 1. The lowest BCUT2D eigenvalue weighted by Crippen LogP contribution is -2.59. The number of rotatable bonds is 3. The number of carbonyl (C=O) groups excluding carboxylic acids is 3. The van der Waals surface area contributed by atoms with E-state index in [0.29, 0.717) is 12.2 Å². The molecule has 20 heavy (non-hydrogen) atoms. The largest absolute Gasteiger partial charge is 0.462 e. The van der Waals surface area contributed by atoms with Gasteiger partial charge < -0.3 is 9.32 Å². The molecule has 0 aliphatic carbocycles. The van der Waals surface area contributed by atoms with Crippen LogP contribution in [0.25, 0.3) is 6.08 Å². The Labute approximate surface area is 116 Å². The van der Waals surface area contributed by atoms with Gasteiger partial charge in [-0.2, -0.15) is 0 Å². The minimum absolute atomic E-state index is 0.107. The second-order valence-corrected chi connectivity index (χ2v) is 4.58. The van der Waals surface area contributed by atoms with Crippen molar-refractivity contribution in [3.63, 3.8) is 0 Å². The molecule has 1 saturated heterocycles. The fourth-order valence-corrected chi connectivity index (χ4v) is 2.10. The van der Waals surface area contributed by atoms with Gasteiger partial charge in [0.25, 0.3) is 0 Å². The minimum Gasteiger partial charge on any atom is -0.462 e. The predicted molar refractivity (Wildman–Crippen MR) is 71.4 cm³/mol. The zero-order valence-corrected chi connectivity index (χ0v) is 11.4. The van der Waals surface area contributed by atoms with Crippen LogP contribution in [0.4, 0.5) is 0 Å². The number of carbonyl (C=O) groups is 3. The van der Waals surface area contributed by atoms with Crippen molar-refractivity contribution in [2.75, 3.05) is 6.54 Å². The molecule has 1 aromatic heterocycles. The lowest BCUT2D eigenvalue weighted by atomic mass is 10.1. The Morgan fingerprint density at radius 2 is 2.25 bits per heavy atom. The first-order valence-electron chi connectivity index (χ1n) is 6.40. The van der Waals surface area contributed by atoms with Crippen LogP contribution in [0.1, 0.15) is 24.9 Å². The number of hydrogen-bond acceptors (Lipinski definition) is 4. The second kappa shape index (κ2) is 5.73. The summed E-state index contributed by atoms with van der Waals surface area (Å²) in [5.41, 5.74) is 0. The Morgan fingerprint density at radius 1 is 1.50 bits per heavy atom. The molecule has 0 aromatic carbocycles. The van der Waals surface area contributed by atoms with E-state index < -0.39 is 17.9 Å². The molecule has 0 spiro atoms. The predicted octanol–water partition coefficient (Wildman–Crippen LogP) is 0.865. The quantitative estimate of drug-likeness (QED) is 0.656. The summed E-state index contributed by atoms with van der Waals surface area (Å²) in [4.78, 5) is 36.4. The Morgan fingerprint density at radius 3 is 2.85 bits per heavy atom. The maximum absolute atomic E-state index is 12.1. The number of nitrogens with zero attached hydrogens (tertiary/aromatic N) is 1. The van der Waals surface area contributed by atoms with Gasteiger partial charge in [-0.05, 0) is 31.6 Å². The van der Waals surface area contributed by atoms with Gasteiger partial charge in [0, 0.05) is 6.08 Å². The maximum Gasteiger partial charge on any atom is 0.249 e. The summed E-state index contributed by atoms with van der Waals surface area (Å²) in [6.07, 6.45) is 3.30. The van der Waals surface area contributed by atoms with Gasteiger partial charge in [-0.25, -0.2) is 0 Å². The van der Waals surface area contributed by atoms with Gasteiger partial charge in [0.2, 0.25) is 17.7 Å². The van der Waals surface area contributed by atoms with Crippen molar-refractivity contribution in [1.29, 1.82) is 0 Å². The summed E-state index contributed by atoms with van der Waals surface area (Å²) in [6.45, 7) is 3.49. The van der Waals surface area contributed by atoms with E-state index in [-0.39, 0.29) is 12.5 Å². The molecule has 6 nitrogen and oxygen atoms in total. The van der Waals surface area contributed by atoms with E-state index in [9.17, 15) is 14.4 Å². The zero-order valence-electron chi connectivity index (χ0n) is 11.4. The van der Waals surface area contributed by atoms with E-state index in [2.05, 4.69) is 5.32 Å². The van der Waals surface area contributed by atoms with Crippen LogP contribution in [-0.2, 0) is 14.4 Å². The molecule has 0 saturated carbocycles. The molecule has 1 aliphatic rings. The van der Waals surface area contributed by atoms with E-state index in [4.69, 9.17) is 4.42 Å². The molecule has 1 atom stereocenters. The monoisotopic (exact) mass is 276 g/mol. The third kappa shape index (κ3) is 2.96. The van der Waals surface area contributed by atoms with Crippen LogP contribution < -0.4 is 5.32 Å². The van der Waals surface area contributed by atoms with E-state index in [1.165, 1.54) is 17.1 Å². The number of aryl methyl sites for hydroxylation is 1. The first-order valence-corrected chi connectivity index (χ1v) is 6.40. The maximum atomic E-state index is 12.1. The summed E-state index contributed by atoms with van der Waals surface area (Å²) in [5, 5.41) is 2.23. The summed E-state index contributed by atoms with van der Waals surface area (Å²) in [7, 11) is 0. The van der Waals surface area contributed by atoms with Crippen LogP contribution >= 0.6 is 0 Å². The minimum atomic E-state index is -0.608. The average Bonchev–Trinajstić information content (AvgIpc) is 2.81. The molecule has 0 radical (unpaired) electrons. The Bertz CT molecular complexity index is 573. The SMILES string of the molecule is CCC1C(=O)NC(=O)CN1C(=O)C=Cc1ccc(C)o1. The first-order chi connectivity index (χ1) is 9.51. The molecule has 1 aromatic rings. The van der Waals surface area contributed by atoms with E-state index in [1.54, 1.807) is 26.0 Å². The van der Waals surface area contributed by atoms with Gasteiger partial charge in [0.15, 0.2) is 0 Å². The molecule has 0 bridgehead atoms. The molecular weight excluding hydrogens is 260 g/mol. The highest BCUT2D eigenvalue weighted by Gasteiger charge is 2.34. The number of furan rings is 1. The number of amides is 3. The summed E-state index contributed by atoms with van der Waals surface area (Å²) in [6, 6.07) is 2.92. The average molecular weight is 276 g/mol. The Kier molecular flexibility index (Phi) is 4.02. The fraction of sp³-hybridized carbons (Fsp3) is 0.357. The topological polar surface area (TPSA) is 79.6 Å². The lowest BCUT2D eigenvalue weighted by Gasteiger charge is -2.32. The van der Waals surface area contributed by atoms with Gasteiger partial charge in [0.05, 0.1) is 0 Å². The molecule has 6 heteroatoms. The second-order valence-electron chi connectivity index (χ2n) is 4.58.